The van der Waals surface area contributed by atoms with Gasteiger partial charge in [0.2, 0.25) is 0 Å². The molecule has 0 saturated carbocycles. The van der Waals surface area contributed by atoms with Crippen LogP contribution in [0.5, 0.6) is 0 Å². The molecule has 0 atom stereocenters. The molecule has 17 heavy (non-hydrogen) atoms. The molecule has 0 aliphatic heterocycles. The Bertz CT molecular complexity index is 426. The van der Waals surface area contributed by atoms with E-state index in [9.17, 15) is 4.79 Å². The average molecular weight is 252 g/mol. The van der Waals surface area contributed by atoms with Gasteiger partial charge in [0.1, 0.15) is 4.99 Å². The zero-order valence-corrected chi connectivity index (χ0v) is 11.1. The molecule has 0 bridgehead atoms. The van der Waals surface area contributed by atoms with E-state index in [1.807, 2.05) is 6.07 Å². The van der Waals surface area contributed by atoms with Crippen molar-refractivity contribution < 1.29 is 0 Å². The van der Waals surface area contributed by atoms with Gasteiger partial charge >= 0.3 is 0 Å². The topological polar surface area (TPSA) is 48.0 Å². The molecule has 1 aromatic heterocycles. The highest BCUT2D eigenvalue weighted by Gasteiger charge is 2.04. The lowest BCUT2D eigenvalue weighted by molar-refractivity contribution is 0.558. The van der Waals surface area contributed by atoms with Crippen molar-refractivity contribution in [2.45, 2.75) is 45.6 Å². The van der Waals surface area contributed by atoms with Crippen LogP contribution in [0.4, 0.5) is 0 Å². The number of hydrogen-bond acceptors (Lipinski definition) is 2. The van der Waals surface area contributed by atoms with E-state index in [-0.39, 0.29) is 10.5 Å². The fourth-order valence-corrected chi connectivity index (χ4v) is 1.94. The van der Waals surface area contributed by atoms with Gasteiger partial charge in [0.05, 0.1) is 5.56 Å². The van der Waals surface area contributed by atoms with Crippen LogP contribution in [-0.2, 0) is 6.54 Å². The first kappa shape index (κ1) is 13.9. The molecule has 2 N–H and O–H groups in total. The van der Waals surface area contributed by atoms with Crippen LogP contribution in [0, 0.1) is 0 Å². The van der Waals surface area contributed by atoms with Crippen molar-refractivity contribution in [1.82, 2.24) is 4.57 Å². The van der Waals surface area contributed by atoms with Crippen molar-refractivity contribution in [1.29, 1.82) is 0 Å². The first-order valence-electron chi connectivity index (χ1n) is 6.16. The fourth-order valence-electron chi connectivity index (χ4n) is 1.79. The number of pyridine rings is 1. The van der Waals surface area contributed by atoms with E-state index in [0.29, 0.717) is 5.56 Å². The second kappa shape index (κ2) is 7.22. The van der Waals surface area contributed by atoms with Gasteiger partial charge < -0.3 is 10.3 Å². The highest BCUT2D eigenvalue weighted by Crippen LogP contribution is 2.03. The Hall–Kier alpha value is -1.16. The highest BCUT2D eigenvalue weighted by atomic mass is 32.1. The van der Waals surface area contributed by atoms with Crippen molar-refractivity contribution in [2.24, 2.45) is 5.73 Å². The maximum Gasteiger partial charge on any atom is 0.260 e. The first-order valence-corrected chi connectivity index (χ1v) is 6.57. The molecule has 0 saturated heterocycles. The summed E-state index contributed by atoms with van der Waals surface area (Å²) in [7, 11) is 0. The Labute approximate surface area is 108 Å². The Morgan fingerprint density at radius 3 is 2.71 bits per heavy atom. The third-order valence-electron chi connectivity index (χ3n) is 2.79. The molecule has 1 rings (SSSR count). The number of rotatable bonds is 7. The Balaban J connectivity index is 2.57. The summed E-state index contributed by atoms with van der Waals surface area (Å²) in [4.78, 5) is 12.1. The lowest BCUT2D eigenvalue weighted by atomic mass is 10.1. The van der Waals surface area contributed by atoms with Crippen molar-refractivity contribution in [3.8, 4) is 0 Å². The van der Waals surface area contributed by atoms with Gasteiger partial charge in [0.15, 0.2) is 0 Å². The number of nitrogens with zero attached hydrogens (tertiary/aromatic N) is 1. The second-order valence-corrected chi connectivity index (χ2v) is 4.64. The number of hydrogen-bond donors (Lipinski definition) is 1. The molecule has 0 spiro atoms. The number of nitrogens with two attached hydrogens (primary N) is 1. The lowest BCUT2D eigenvalue weighted by Crippen LogP contribution is -2.28. The van der Waals surface area contributed by atoms with E-state index in [0.717, 1.165) is 19.4 Å². The van der Waals surface area contributed by atoms with Gasteiger partial charge in [-0.2, -0.15) is 0 Å². The van der Waals surface area contributed by atoms with Crippen LogP contribution in [0.25, 0.3) is 0 Å². The normalized spacial score (nSPS) is 10.4. The molecule has 0 fully saturated rings. The molecule has 0 aromatic carbocycles. The van der Waals surface area contributed by atoms with Gasteiger partial charge in [-0.15, -0.1) is 0 Å². The Morgan fingerprint density at radius 2 is 2.06 bits per heavy atom. The van der Waals surface area contributed by atoms with Crippen LogP contribution in [0.2, 0.25) is 0 Å². The van der Waals surface area contributed by atoms with Crippen molar-refractivity contribution in [2.75, 3.05) is 0 Å². The van der Waals surface area contributed by atoms with Gasteiger partial charge in [-0.3, -0.25) is 4.79 Å². The third-order valence-corrected chi connectivity index (χ3v) is 3.01. The van der Waals surface area contributed by atoms with Crippen LogP contribution in [0.15, 0.2) is 23.1 Å². The zero-order chi connectivity index (χ0) is 12.7. The fraction of sp³-hybridized carbons (Fsp3) is 0.538. The number of aromatic nitrogens is 1. The van der Waals surface area contributed by atoms with E-state index in [1.54, 1.807) is 16.8 Å². The van der Waals surface area contributed by atoms with Crippen molar-refractivity contribution >= 4 is 17.2 Å². The van der Waals surface area contributed by atoms with Gasteiger partial charge in [-0.25, -0.2) is 0 Å². The molecule has 94 valence electrons. The maximum atomic E-state index is 11.9. The predicted molar refractivity (Wildman–Crippen MR) is 75.3 cm³/mol. The monoisotopic (exact) mass is 252 g/mol. The predicted octanol–water partition coefficient (Wildman–Crippen LogP) is 2.45. The highest BCUT2D eigenvalue weighted by molar-refractivity contribution is 7.80. The van der Waals surface area contributed by atoms with Crippen LogP contribution in [-0.4, -0.2) is 9.56 Å². The molecule has 1 heterocycles. The quantitative estimate of drug-likeness (QED) is 0.599. The number of aryl methyl sites for hydroxylation is 1. The summed E-state index contributed by atoms with van der Waals surface area (Å²) in [6.45, 7) is 2.94. The summed E-state index contributed by atoms with van der Waals surface area (Å²) in [6, 6.07) is 3.50. The molecule has 1 aromatic rings. The minimum absolute atomic E-state index is 0.0736. The van der Waals surface area contributed by atoms with Gasteiger partial charge in [-0.05, 0) is 18.6 Å². The van der Waals surface area contributed by atoms with Gasteiger partial charge in [0, 0.05) is 12.7 Å². The standard InChI is InChI=1S/C13H20N2OS/c1-2-3-4-5-6-9-15-10-7-8-11(12(14)17)13(15)16/h7-8,10H,2-6,9H2,1H3,(H2,14,17). The minimum Gasteiger partial charge on any atom is -0.389 e. The summed E-state index contributed by atoms with van der Waals surface area (Å²) in [5.41, 5.74) is 5.86. The lowest BCUT2D eigenvalue weighted by Gasteiger charge is -2.07. The van der Waals surface area contributed by atoms with E-state index in [4.69, 9.17) is 18.0 Å². The van der Waals surface area contributed by atoms with Crippen LogP contribution >= 0.6 is 12.2 Å². The van der Waals surface area contributed by atoms with E-state index < -0.39 is 0 Å². The molecular formula is C13H20N2OS. The molecular weight excluding hydrogens is 232 g/mol. The zero-order valence-electron chi connectivity index (χ0n) is 10.3. The van der Waals surface area contributed by atoms with Crippen LogP contribution in [0.1, 0.15) is 44.6 Å². The van der Waals surface area contributed by atoms with Gasteiger partial charge in [-0.1, -0.05) is 44.8 Å². The van der Waals surface area contributed by atoms with Crippen LogP contribution in [0.3, 0.4) is 0 Å². The number of unbranched alkanes of at least 4 members (excludes halogenated alkanes) is 4. The summed E-state index contributed by atoms with van der Waals surface area (Å²) < 4.78 is 1.69. The summed E-state index contributed by atoms with van der Waals surface area (Å²) >= 11 is 4.84. The SMILES string of the molecule is CCCCCCCn1cccc(C(N)=S)c1=O. The van der Waals surface area contributed by atoms with Crippen molar-refractivity contribution in [3.63, 3.8) is 0 Å². The Morgan fingerprint density at radius 1 is 1.35 bits per heavy atom. The van der Waals surface area contributed by atoms with E-state index in [1.165, 1.54) is 19.3 Å². The molecule has 0 unspecified atom stereocenters. The molecule has 4 heteroatoms. The van der Waals surface area contributed by atoms with Crippen molar-refractivity contribution in [3.05, 3.63) is 34.2 Å². The maximum absolute atomic E-state index is 11.9. The molecule has 0 radical (unpaired) electrons. The summed E-state index contributed by atoms with van der Waals surface area (Å²) in [6.07, 6.45) is 7.72. The first-order chi connectivity index (χ1) is 8.16. The Kier molecular flexibility index (Phi) is 5.91. The van der Waals surface area contributed by atoms with Crippen LogP contribution < -0.4 is 11.3 Å². The molecule has 0 aliphatic carbocycles. The van der Waals surface area contributed by atoms with Gasteiger partial charge in [0.25, 0.3) is 5.56 Å². The molecule has 0 aliphatic rings. The minimum atomic E-state index is -0.0736. The smallest absolute Gasteiger partial charge is 0.260 e. The summed E-state index contributed by atoms with van der Waals surface area (Å²) in [5.74, 6) is 0. The third kappa shape index (κ3) is 4.30. The average Bonchev–Trinajstić information content (AvgIpc) is 2.30. The van der Waals surface area contributed by atoms with E-state index in [2.05, 4.69) is 6.92 Å². The largest absolute Gasteiger partial charge is 0.389 e. The second-order valence-electron chi connectivity index (χ2n) is 4.20. The molecule has 0 amide bonds. The summed E-state index contributed by atoms with van der Waals surface area (Å²) in [5, 5.41) is 0. The van der Waals surface area contributed by atoms with E-state index >= 15 is 0 Å². The number of thiocarbonyl (C=S) groups is 1. The molecule has 3 nitrogen and oxygen atoms in total.